The van der Waals surface area contributed by atoms with E-state index in [1.807, 2.05) is 57.2 Å². The molecule has 4 nitrogen and oxygen atoms in total. The van der Waals surface area contributed by atoms with E-state index in [1.54, 1.807) is 0 Å². The molecule has 0 aliphatic rings. The second-order valence-electron chi connectivity index (χ2n) is 5.98. The third-order valence-corrected chi connectivity index (χ3v) is 4.22. The summed E-state index contributed by atoms with van der Waals surface area (Å²) in [7, 11) is 0. The molecule has 0 saturated carbocycles. The number of carbonyl (C=O) groups is 2. The van der Waals surface area contributed by atoms with Crippen molar-refractivity contribution >= 4 is 39.1 Å². The molecule has 2 aromatic carbocycles. The lowest BCUT2D eigenvalue weighted by Crippen LogP contribution is -2.36. The monoisotopic (exact) mass is 388 g/mol. The first-order valence-corrected chi connectivity index (χ1v) is 8.48. The number of nitrogens with one attached hydrogen (secondary N) is 1. The number of anilines is 2. The molecule has 2 aromatic rings. The molecule has 0 saturated heterocycles. The van der Waals surface area contributed by atoms with Gasteiger partial charge in [-0.05, 0) is 77.7 Å². The van der Waals surface area contributed by atoms with Gasteiger partial charge >= 0.3 is 0 Å². The molecule has 2 rings (SSSR count). The third kappa shape index (κ3) is 4.68. The van der Waals surface area contributed by atoms with Crippen molar-refractivity contribution in [2.75, 3.05) is 16.8 Å². The van der Waals surface area contributed by atoms with Crippen molar-refractivity contribution in [3.05, 3.63) is 57.6 Å². The Hall–Kier alpha value is -2.14. The zero-order chi connectivity index (χ0) is 17.9. The van der Waals surface area contributed by atoms with Crippen molar-refractivity contribution in [2.24, 2.45) is 0 Å². The molecule has 0 radical (unpaired) electrons. The lowest BCUT2D eigenvalue weighted by Gasteiger charge is -2.22. The minimum Gasteiger partial charge on any atom is -0.325 e. The van der Waals surface area contributed by atoms with Crippen molar-refractivity contribution < 1.29 is 9.59 Å². The minimum atomic E-state index is -0.234. The molecule has 126 valence electrons. The van der Waals surface area contributed by atoms with E-state index in [0.717, 1.165) is 26.9 Å². The molecule has 0 unspecified atom stereocenters. The third-order valence-electron chi connectivity index (χ3n) is 3.58. The standard InChI is InChI=1S/C19H21BrN2O2/c1-12-5-6-18(17(20)10-12)22(15(4)23)11-19(24)21-16-8-13(2)7-14(3)9-16/h5-10H,11H2,1-4H3,(H,21,24). The van der Waals surface area contributed by atoms with Gasteiger partial charge in [0.25, 0.3) is 0 Å². The molecule has 24 heavy (non-hydrogen) atoms. The summed E-state index contributed by atoms with van der Waals surface area (Å²) in [5.41, 5.74) is 4.66. The summed E-state index contributed by atoms with van der Waals surface area (Å²) in [5.74, 6) is -0.419. The molecule has 2 amide bonds. The lowest BCUT2D eigenvalue weighted by atomic mass is 10.1. The van der Waals surface area contributed by atoms with Gasteiger partial charge in [0, 0.05) is 17.1 Å². The molecule has 0 bridgehead atoms. The number of amides is 2. The maximum Gasteiger partial charge on any atom is 0.244 e. The van der Waals surface area contributed by atoms with Gasteiger partial charge in [0.2, 0.25) is 11.8 Å². The summed E-state index contributed by atoms with van der Waals surface area (Å²) in [6, 6.07) is 11.5. The minimum absolute atomic E-state index is 0.0377. The van der Waals surface area contributed by atoms with Crippen LogP contribution in [0.1, 0.15) is 23.6 Å². The van der Waals surface area contributed by atoms with Gasteiger partial charge in [0.05, 0.1) is 5.69 Å². The summed E-state index contributed by atoms with van der Waals surface area (Å²) in [4.78, 5) is 25.8. The highest BCUT2D eigenvalue weighted by atomic mass is 79.9. The van der Waals surface area contributed by atoms with E-state index < -0.39 is 0 Å². The normalized spacial score (nSPS) is 10.4. The predicted molar refractivity (Wildman–Crippen MR) is 101 cm³/mol. The van der Waals surface area contributed by atoms with E-state index in [0.29, 0.717) is 5.69 Å². The van der Waals surface area contributed by atoms with Gasteiger partial charge in [0.15, 0.2) is 0 Å². The van der Waals surface area contributed by atoms with Crippen molar-refractivity contribution in [1.82, 2.24) is 0 Å². The van der Waals surface area contributed by atoms with Crippen LogP contribution in [-0.4, -0.2) is 18.4 Å². The molecule has 0 aromatic heterocycles. The van der Waals surface area contributed by atoms with Crippen molar-refractivity contribution in [3.8, 4) is 0 Å². The van der Waals surface area contributed by atoms with Crippen LogP contribution >= 0.6 is 15.9 Å². The van der Waals surface area contributed by atoms with E-state index >= 15 is 0 Å². The van der Waals surface area contributed by atoms with Crippen LogP contribution in [0.3, 0.4) is 0 Å². The average Bonchev–Trinajstić information content (AvgIpc) is 2.44. The predicted octanol–water partition coefficient (Wildman–Crippen LogP) is 4.37. The second kappa shape index (κ2) is 7.62. The molecule has 0 atom stereocenters. The first kappa shape index (κ1) is 18.2. The maximum absolute atomic E-state index is 12.4. The van der Waals surface area contributed by atoms with Gasteiger partial charge in [-0.1, -0.05) is 12.1 Å². The largest absolute Gasteiger partial charge is 0.325 e. The van der Waals surface area contributed by atoms with Crippen LogP contribution in [0.15, 0.2) is 40.9 Å². The fourth-order valence-corrected chi connectivity index (χ4v) is 3.30. The number of benzene rings is 2. The molecule has 1 N–H and O–H groups in total. The number of nitrogens with zero attached hydrogens (tertiary/aromatic N) is 1. The summed E-state index contributed by atoms with van der Waals surface area (Å²) >= 11 is 3.47. The molecule has 0 spiro atoms. The highest BCUT2D eigenvalue weighted by Crippen LogP contribution is 2.27. The lowest BCUT2D eigenvalue weighted by molar-refractivity contribution is -0.120. The quantitative estimate of drug-likeness (QED) is 0.845. The Morgan fingerprint density at radius 1 is 1.00 bits per heavy atom. The Balaban J connectivity index is 2.18. The number of halogens is 1. The zero-order valence-corrected chi connectivity index (χ0v) is 15.9. The maximum atomic E-state index is 12.4. The topological polar surface area (TPSA) is 49.4 Å². The molecular formula is C19H21BrN2O2. The fourth-order valence-electron chi connectivity index (χ4n) is 2.59. The van der Waals surface area contributed by atoms with Crippen molar-refractivity contribution in [1.29, 1.82) is 0 Å². The molecule has 0 aliphatic heterocycles. The zero-order valence-electron chi connectivity index (χ0n) is 14.3. The molecule has 0 aliphatic carbocycles. The van der Waals surface area contributed by atoms with Crippen LogP contribution in [0, 0.1) is 20.8 Å². The van der Waals surface area contributed by atoms with E-state index in [4.69, 9.17) is 0 Å². The van der Waals surface area contributed by atoms with Crippen LogP contribution < -0.4 is 10.2 Å². The van der Waals surface area contributed by atoms with E-state index in [9.17, 15) is 9.59 Å². The van der Waals surface area contributed by atoms with E-state index in [2.05, 4.69) is 21.2 Å². The van der Waals surface area contributed by atoms with Crippen molar-refractivity contribution in [3.63, 3.8) is 0 Å². The molecule has 5 heteroatoms. The van der Waals surface area contributed by atoms with E-state index in [1.165, 1.54) is 11.8 Å². The average molecular weight is 389 g/mol. The van der Waals surface area contributed by atoms with Crippen LogP contribution in [0.4, 0.5) is 11.4 Å². The first-order valence-electron chi connectivity index (χ1n) is 7.68. The summed E-state index contributed by atoms with van der Waals surface area (Å²) < 4.78 is 0.789. The molecule has 0 heterocycles. The van der Waals surface area contributed by atoms with Gasteiger partial charge in [-0.3, -0.25) is 9.59 Å². The van der Waals surface area contributed by atoms with Crippen molar-refractivity contribution in [2.45, 2.75) is 27.7 Å². The number of rotatable bonds is 4. The van der Waals surface area contributed by atoms with Gasteiger partial charge in [0.1, 0.15) is 6.54 Å². The molecular weight excluding hydrogens is 368 g/mol. The first-order chi connectivity index (χ1) is 11.3. The van der Waals surface area contributed by atoms with E-state index in [-0.39, 0.29) is 18.4 Å². The highest BCUT2D eigenvalue weighted by molar-refractivity contribution is 9.10. The number of hydrogen-bond donors (Lipinski definition) is 1. The fraction of sp³-hybridized carbons (Fsp3) is 0.263. The Bertz CT molecular complexity index is 767. The van der Waals surface area contributed by atoms with Crippen LogP contribution in [-0.2, 0) is 9.59 Å². The number of aryl methyl sites for hydroxylation is 3. The van der Waals surface area contributed by atoms with Crippen LogP contribution in [0.2, 0.25) is 0 Å². The molecule has 0 fully saturated rings. The number of carbonyl (C=O) groups excluding carboxylic acids is 2. The Morgan fingerprint density at radius 2 is 1.62 bits per heavy atom. The van der Waals surface area contributed by atoms with Gasteiger partial charge in [-0.2, -0.15) is 0 Å². The smallest absolute Gasteiger partial charge is 0.244 e. The van der Waals surface area contributed by atoms with Crippen LogP contribution in [0.5, 0.6) is 0 Å². The second-order valence-corrected chi connectivity index (χ2v) is 6.84. The van der Waals surface area contributed by atoms with Gasteiger partial charge < -0.3 is 10.2 Å². The SMILES string of the molecule is CC(=O)N(CC(=O)Nc1cc(C)cc(C)c1)c1ccc(C)cc1Br. The number of hydrogen-bond acceptors (Lipinski definition) is 2. The summed E-state index contributed by atoms with van der Waals surface area (Å²) in [5, 5.41) is 2.86. The van der Waals surface area contributed by atoms with Gasteiger partial charge in [-0.25, -0.2) is 0 Å². The summed E-state index contributed by atoms with van der Waals surface area (Å²) in [6.45, 7) is 7.35. The summed E-state index contributed by atoms with van der Waals surface area (Å²) in [6.07, 6.45) is 0. The van der Waals surface area contributed by atoms with Gasteiger partial charge in [-0.15, -0.1) is 0 Å². The Kier molecular flexibility index (Phi) is 5.78. The highest BCUT2D eigenvalue weighted by Gasteiger charge is 2.18. The van der Waals surface area contributed by atoms with Crippen LogP contribution in [0.25, 0.3) is 0 Å². The Labute approximate surface area is 151 Å². The Morgan fingerprint density at radius 3 is 2.17 bits per heavy atom.